The van der Waals surface area contributed by atoms with E-state index in [1.807, 2.05) is 66.4 Å². The van der Waals surface area contributed by atoms with Crippen molar-refractivity contribution in [3.63, 3.8) is 0 Å². The van der Waals surface area contributed by atoms with Crippen molar-refractivity contribution in [2.24, 2.45) is 27.9 Å². The number of nitrogens with zero attached hydrogens (tertiary/aromatic N) is 8. The molecule has 3 aromatic carbocycles. The molecule has 3 aromatic heterocycles. The van der Waals surface area contributed by atoms with E-state index in [9.17, 15) is 52.8 Å². The Morgan fingerprint density at radius 1 is 0.815 bits per heavy atom. The Kier molecular flexibility index (Phi) is 24.5. The van der Waals surface area contributed by atoms with E-state index in [2.05, 4.69) is 60.6 Å². The van der Waals surface area contributed by atoms with E-state index < -0.39 is 42.0 Å². The van der Waals surface area contributed by atoms with E-state index in [0.29, 0.717) is 143 Å². The molecule has 6 aromatic rings. The number of carboxylic acids is 1. The number of rotatable bonds is 32. The molecular formula is C79H97N14O13PS. The molecular weight excluding hydrogens is 1420 g/mol. The number of aromatic nitrogens is 4. The summed E-state index contributed by atoms with van der Waals surface area (Å²) in [5.41, 5.74) is 14.1. The number of anilines is 3. The van der Waals surface area contributed by atoms with Gasteiger partial charge >= 0.3 is 216 Å². The van der Waals surface area contributed by atoms with Crippen LogP contribution in [-0.2, 0) is 64.1 Å². The summed E-state index contributed by atoms with van der Waals surface area (Å²) in [6, 6.07) is 21.3. The Balaban J connectivity index is 0.621. The molecule has 29 heteroatoms. The number of carbonyl (C=O) groups is 9. The van der Waals surface area contributed by atoms with Crippen molar-refractivity contribution in [3.05, 3.63) is 131 Å². The van der Waals surface area contributed by atoms with Crippen molar-refractivity contribution < 1.29 is 62.3 Å². The number of likely N-dealkylation sites (tertiary alicyclic amines) is 1. The molecule has 4 saturated carbocycles. The number of carbonyl (C=O) groups excluding carboxylic acids is 8. The van der Waals surface area contributed by atoms with Crippen LogP contribution in [0, 0.1) is 34.7 Å². The Bertz CT molecular complexity index is 4480. The Morgan fingerprint density at radius 2 is 1.56 bits per heavy atom. The predicted octanol–water partition coefficient (Wildman–Crippen LogP) is 10.8. The van der Waals surface area contributed by atoms with Crippen LogP contribution in [0.2, 0.25) is 0 Å². The summed E-state index contributed by atoms with van der Waals surface area (Å²) < 4.78 is 27.8. The number of benzene rings is 3. The second-order valence-electron chi connectivity index (χ2n) is 31.2. The van der Waals surface area contributed by atoms with Crippen molar-refractivity contribution in [2.75, 3.05) is 68.0 Å². The van der Waals surface area contributed by atoms with Gasteiger partial charge in [-0.2, -0.15) is 5.10 Å². The number of fused-ring (bicyclic) bond motifs is 2. The number of aromatic carboxylic acids is 1. The van der Waals surface area contributed by atoms with E-state index in [1.165, 1.54) is 23.5 Å². The summed E-state index contributed by atoms with van der Waals surface area (Å²) in [7, 11) is -0.152. The van der Waals surface area contributed by atoms with Crippen LogP contribution in [0.15, 0.2) is 97.2 Å². The number of nitrogens with one attached hydrogen (secondary N) is 5. The number of piperidine rings is 1. The number of amides is 9. The molecule has 27 nitrogen and oxygen atoms in total. The standard InChI is InChI=1S/C79H97N14O13PS/c1-50(2)67(87-64(94)19-7-6-10-33-92-65(95)26-27-66(92)96)71(99)84-61(17-12-31-81-73(80)102)70(98)83-54-22-20-52(21-23-54)42-105-75(103)90-35-29-55(30-36-90)89(32-13-39-107-104)37-38-106-79-46-76(4)43-77(5,47-79)45-78(44-76,48-79)49-93-51(3)58(40-82-93)56-24-25-63(86-68(56)72(100)101)91-34-28-53-14-11-15-57(59(53)41-91)69(97)88-74-85-60-16-8-9-18-62(60)108-74/h8-9,11,14-16,18,20-27,40,50,55,61,67H,6-7,10,12-13,17,19,28-38,41-49H2,1-5H3,(H,83,98)(H,84,99)(H,87,94)(H,100,101)(H3,80,81,102)(H,85,88,97)/t61-,67-,76?,77?,78?,79?/m0/s1. The molecule has 0 spiro atoms. The van der Waals surface area contributed by atoms with Gasteiger partial charge < -0.3 is 37.0 Å². The SMILES string of the molecule is Cc1c(-c2ccc(N3CCc4cccc(C(=O)Nc5nc6ccccc6s5)c4C3)nc2C(=O)O)cnn1CC12CC3(C)CC(C)(C1)CC(OCCN(CCC#P=O)C1CCN(C(=O)OCc4ccc(NC(=O)[C@H](CCCNC(N)=O)NC(=O)[C@@H](NC(=O)CCCCCN5C(=O)C=CC5=O)C(C)C)cc4)CC1)(C3)C2. The van der Waals surface area contributed by atoms with Gasteiger partial charge in [0.25, 0.3) is 17.7 Å². The van der Waals surface area contributed by atoms with Gasteiger partial charge in [-0.25, -0.2) is 19.6 Å². The van der Waals surface area contributed by atoms with Gasteiger partial charge in [0.1, 0.15) is 17.9 Å². The number of thiazole rings is 1. The van der Waals surface area contributed by atoms with Crippen LogP contribution < -0.4 is 37.2 Å². The molecule has 4 aliphatic carbocycles. The molecule has 572 valence electrons. The van der Waals surface area contributed by atoms with Crippen molar-refractivity contribution in [1.82, 2.24) is 50.4 Å². The zero-order valence-electron chi connectivity index (χ0n) is 62.0. The zero-order chi connectivity index (χ0) is 76.5. The third-order valence-corrected chi connectivity index (χ3v) is 23.5. The van der Waals surface area contributed by atoms with E-state index in [0.717, 1.165) is 70.5 Å². The van der Waals surface area contributed by atoms with Gasteiger partial charge in [0.2, 0.25) is 17.7 Å². The molecule has 8 N–H and O–H groups in total. The van der Waals surface area contributed by atoms with Gasteiger partial charge in [0.05, 0.1) is 16.4 Å². The molecule has 1 saturated heterocycles. The maximum absolute atomic E-state index is 13.8. The van der Waals surface area contributed by atoms with Crippen molar-refractivity contribution in [2.45, 2.75) is 181 Å². The molecule has 108 heavy (non-hydrogen) atoms. The van der Waals surface area contributed by atoms with Crippen molar-refractivity contribution >= 4 is 99.6 Å². The average Bonchev–Trinajstić information content (AvgIpc) is 1.35. The molecule has 4 bridgehead atoms. The van der Waals surface area contributed by atoms with Crippen LogP contribution in [0.25, 0.3) is 21.3 Å². The number of nitrogens with two attached hydrogens (primary N) is 1. The van der Waals surface area contributed by atoms with Crippen LogP contribution in [0.5, 0.6) is 0 Å². The first kappa shape index (κ1) is 78.0. The third kappa shape index (κ3) is 18.7. The van der Waals surface area contributed by atoms with Gasteiger partial charge in [0, 0.05) is 72.8 Å². The second-order valence-corrected chi connectivity index (χ2v) is 32.7. The first-order chi connectivity index (χ1) is 51.8. The molecule has 7 aliphatic rings. The minimum absolute atomic E-state index is 0.0245. The number of ether oxygens (including phenoxy) is 2. The molecule has 5 fully saturated rings. The number of urea groups is 1. The molecule has 0 radical (unpaired) electrons. The van der Waals surface area contributed by atoms with E-state index in [1.54, 1.807) is 49.2 Å². The molecule has 4 atom stereocenters. The fraction of sp³-hybridized carbons (Fsp3) is 0.506. The van der Waals surface area contributed by atoms with E-state index >= 15 is 0 Å². The first-order valence-corrected chi connectivity index (χ1v) is 39.1. The number of primary amides is 1. The van der Waals surface area contributed by atoms with Crippen LogP contribution in [0.1, 0.15) is 167 Å². The molecule has 3 aliphatic heterocycles. The topological polar surface area (TPSA) is 352 Å². The van der Waals surface area contributed by atoms with Crippen LogP contribution in [0.3, 0.4) is 0 Å². The van der Waals surface area contributed by atoms with Gasteiger partial charge in [-0.1, -0.05) is 68.0 Å². The molecule has 2 unspecified atom stereocenters. The number of para-hydroxylation sites is 1. The summed E-state index contributed by atoms with van der Waals surface area (Å²) in [6.07, 6.45) is 14.3. The van der Waals surface area contributed by atoms with Crippen LogP contribution in [0.4, 0.5) is 26.2 Å². The fourth-order valence-corrected chi connectivity index (χ4v) is 19.3. The summed E-state index contributed by atoms with van der Waals surface area (Å²) >= 11 is 1.42. The van der Waals surface area contributed by atoms with Gasteiger partial charge in [-0.3, -0.25) is 39.0 Å². The summed E-state index contributed by atoms with van der Waals surface area (Å²) in [5.74, 6) is -3.42. The predicted molar refractivity (Wildman–Crippen MR) is 408 cm³/mol. The van der Waals surface area contributed by atoms with Crippen LogP contribution in [-0.4, -0.2) is 169 Å². The Labute approximate surface area is 633 Å². The average molecular weight is 1510 g/mol. The molecule has 13 rings (SSSR count). The van der Waals surface area contributed by atoms with Crippen molar-refractivity contribution in [3.8, 4) is 16.8 Å². The third-order valence-electron chi connectivity index (χ3n) is 22.2. The molecule has 9 amide bonds. The number of hydrogen-bond acceptors (Lipinski definition) is 18. The number of hydrogen-bond donors (Lipinski definition) is 7. The number of unbranched alkanes of at least 4 members (excludes halogenated alkanes) is 2. The monoisotopic (exact) mass is 1510 g/mol. The van der Waals surface area contributed by atoms with Crippen molar-refractivity contribution in [1.29, 1.82) is 0 Å². The van der Waals surface area contributed by atoms with E-state index in [-0.39, 0.29) is 104 Å². The Hall–Kier alpha value is -9.59. The number of pyridine rings is 1. The minimum atomic E-state index is -1.15. The van der Waals surface area contributed by atoms with Crippen LogP contribution >= 0.6 is 19.3 Å². The molecule has 6 heterocycles. The zero-order valence-corrected chi connectivity index (χ0v) is 63.7. The van der Waals surface area contributed by atoms with Gasteiger partial charge in [0.15, 0.2) is 10.8 Å². The number of imide groups is 1. The second kappa shape index (κ2) is 33.9. The quantitative estimate of drug-likeness (QED) is 0.0117. The summed E-state index contributed by atoms with van der Waals surface area (Å²) in [5, 5.41) is 30.3. The fourth-order valence-electron chi connectivity index (χ4n) is 18.3. The Morgan fingerprint density at radius 3 is 2.28 bits per heavy atom. The summed E-state index contributed by atoms with van der Waals surface area (Å²) in [6.45, 7) is 15.1. The summed E-state index contributed by atoms with van der Waals surface area (Å²) in [4.78, 5) is 133. The normalized spacial score (nSPS) is 21.4. The van der Waals surface area contributed by atoms with Gasteiger partial charge in [-0.05, 0) is 98.5 Å². The van der Waals surface area contributed by atoms with Gasteiger partial charge in [-0.15, -0.1) is 0 Å². The first-order valence-electron chi connectivity index (χ1n) is 37.5. The number of carboxylic acid groups (broad SMARTS) is 1. The van der Waals surface area contributed by atoms with E-state index in [4.69, 9.17) is 25.3 Å². The maximum atomic E-state index is 13.8.